The summed E-state index contributed by atoms with van der Waals surface area (Å²) in [6, 6.07) is -1.70. The highest BCUT2D eigenvalue weighted by molar-refractivity contribution is 5.96. The maximum Gasteiger partial charge on any atom is 0.247 e. The van der Waals surface area contributed by atoms with Gasteiger partial charge in [0.15, 0.2) is 0 Å². The van der Waals surface area contributed by atoms with E-state index in [1.54, 1.807) is 0 Å². The molecule has 142 valence electrons. The van der Waals surface area contributed by atoms with Crippen LogP contribution >= 0.6 is 0 Å². The first-order valence-electron chi connectivity index (χ1n) is 7.41. The molecule has 0 aliphatic carbocycles. The maximum absolute atomic E-state index is 12.1. The van der Waals surface area contributed by atoms with Gasteiger partial charge in [0.1, 0.15) is 18.3 Å². The van der Waals surface area contributed by atoms with Crippen molar-refractivity contribution < 1.29 is 39.5 Å². The molecule has 5 atom stereocenters. The van der Waals surface area contributed by atoms with Crippen LogP contribution in [0, 0.1) is 0 Å². The van der Waals surface area contributed by atoms with Crippen molar-refractivity contribution in [1.29, 1.82) is 0 Å². The summed E-state index contributed by atoms with van der Waals surface area (Å²) in [5, 5.41) is 43.2. The van der Waals surface area contributed by atoms with Gasteiger partial charge in [0, 0.05) is 5.57 Å². The van der Waals surface area contributed by atoms with Crippen molar-refractivity contribution in [2.45, 2.75) is 37.1 Å². The Labute approximate surface area is 143 Å². The summed E-state index contributed by atoms with van der Waals surface area (Å²) >= 11 is 0. The van der Waals surface area contributed by atoms with Gasteiger partial charge >= 0.3 is 0 Å². The summed E-state index contributed by atoms with van der Waals surface area (Å²) < 4.78 is 4.93. The molecule has 0 aromatic carbocycles. The predicted octanol–water partition coefficient (Wildman–Crippen LogP) is -4.51. The topological polar surface area (TPSA) is 191 Å². The number of amides is 2. The molecule has 11 heteroatoms. The van der Waals surface area contributed by atoms with Gasteiger partial charge in [-0.25, -0.2) is 0 Å². The van der Waals surface area contributed by atoms with Crippen molar-refractivity contribution in [1.82, 2.24) is 10.6 Å². The second kappa shape index (κ2) is 8.47. The second-order valence-electron chi connectivity index (χ2n) is 5.71. The second-order valence-corrected chi connectivity index (χ2v) is 5.71. The molecule has 2 amide bonds. The Kier molecular flexibility index (Phi) is 7.17. The minimum atomic E-state index is -2.71. The highest BCUT2D eigenvalue weighted by Crippen LogP contribution is 2.27. The zero-order valence-electron chi connectivity index (χ0n) is 13.6. The van der Waals surface area contributed by atoms with Crippen LogP contribution in [-0.2, 0) is 19.1 Å². The Hall–Kier alpha value is -1.89. The van der Waals surface area contributed by atoms with Crippen LogP contribution in [-0.4, -0.2) is 87.9 Å². The summed E-state index contributed by atoms with van der Waals surface area (Å²) in [5.74, 6) is -5.07. The van der Waals surface area contributed by atoms with Crippen LogP contribution in [0.25, 0.3) is 0 Å². The van der Waals surface area contributed by atoms with Gasteiger partial charge in [-0.3, -0.25) is 14.4 Å². The minimum Gasteiger partial charge on any atom is -0.394 e. The molecule has 1 aliphatic heterocycles. The number of Topliss-reactive ketones (excluding diaryl/α,β-unsaturated/α-hetero) is 1. The molecule has 1 rings (SSSR count). The van der Waals surface area contributed by atoms with Crippen molar-refractivity contribution >= 4 is 17.6 Å². The average Bonchev–Trinajstić information content (AvgIpc) is 2.58. The predicted molar refractivity (Wildman–Crippen MR) is 82.7 cm³/mol. The van der Waals surface area contributed by atoms with Crippen LogP contribution in [0.5, 0.6) is 0 Å². The third-order valence-corrected chi connectivity index (χ3v) is 3.70. The van der Waals surface area contributed by atoms with Gasteiger partial charge in [-0.05, 0) is 6.92 Å². The normalized spacial score (nSPS) is 31.9. The van der Waals surface area contributed by atoms with Crippen molar-refractivity contribution in [3.8, 4) is 0 Å². The fourth-order valence-corrected chi connectivity index (χ4v) is 2.12. The first kappa shape index (κ1) is 21.2. The minimum absolute atomic E-state index is 0.197. The van der Waals surface area contributed by atoms with E-state index >= 15 is 0 Å². The van der Waals surface area contributed by atoms with Gasteiger partial charge in [0.25, 0.3) is 0 Å². The molecule has 8 N–H and O–H groups in total. The highest BCUT2D eigenvalue weighted by Gasteiger charge is 2.55. The van der Waals surface area contributed by atoms with Crippen LogP contribution in [0.15, 0.2) is 12.2 Å². The number of ketones is 1. The lowest BCUT2D eigenvalue weighted by molar-refractivity contribution is -0.297. The number of carbonyl (C=O) groups excluding carboxylic acids is 3. The molecule has 0 aromatic heterocycles. The summed E-state index contributed by atoms with van der Waals surface area (Å²) in [5.41, 5.74) is 5.73. The summed E-state index contributed by atoms with van der Waals surface area (Å²) in [6.45, 7) is 2.92. The molecule has 0 bridgehead atoms. The first-order valence-corrected chi connectivity index (χ1v) is 7.41. The van der Waals surface area contributed by atoms with Crippen molar-refractivity contribution in [3.63, 3.8) is 0 Å². The summed E-state index contributed by atoms with van der Waals surface area (Å²) in [6.07, 6.45) is -4.76. The summed E-state index contributed by atoms with van der Waals surface area (Å²) in [4.78, 5) is 35.0. The smallest absolute Gasteiger partial charge is 0.247 e. The lowest BCUT2D eigenvalue weighted by Crippen LogP contribution is -2.72. The number of aliphatic hydroxyl groups excluding tert-OH is 3. The Morgan fingerprint density at radius 3 is 2.32 bits per heavy atom. The average molecular weight is 361 g/mol. The van der Waals surface area contributed by atoms with E-state index in [0.717, 1.165) is 0 Å². The van der Waals surface area contributed by atoms with E-state index in [0.29, 0.717) is 0 Å². The molecule has 1 aliphatic rings. The number of nitrogens with two attached hydrogens (primary N) is 1. The number of nitrogens with one attached hydrogen (secondary N) is 2. The maximum atomic E-state index is 12.1. The van der Waals surface area contributed by atoms with Gasteiger partial charge in [-0.1, -0.05) is 6.58 Å². The third kappa shape index (κ3) is 4.81. The number of hydrogen-bond acceptors (Lipinski definition) is 9. The zero-order valence-corrected chi connectivity index (χ0v) is 13.6. The SMILES string of the molecule is C=C(C)C(=O)NCC(=O)NCC(=O)C1(O)O[C@H](CO)[C@@H](O)[C@H](O)[C@@H]1N. The van der Waals surface area contributed by atoms with E-state index < -0.39 is 67.4 Å². The lowest BCUT2D eigenvalue weighted by atomic mass is 9.88. The Bertz CT molecular complexity index is 552. The molecule has 11 nitrogen and oxygen atoms in total. The highest BCUT2D eigenvalue weighted by atomic mass is 16.7. The van der Waals surface area contributed by atoms with Crippen LogP contribution < -0.4 is 16.4 Å². The Morgan fingerprint density at radius 1 is 1.20 bits per heavy atom. The fourth-order valence-electron chi connectivity index (χ4n) is 2.12. The molecule has 0 radical (unpaired) electrons. The molecule has 0 aromatic rings. The van der Waals surface area contributed by atoms with Crippen LogP contribution in [0.4, 0.5) is 0 Å². The lowest BCUT2D eigenvalue weighted by Gasteiger charge is -2.45. The van der Waals surface area contributed by atoms with Gasteiger partial charge in [0.2, 0.25) is 23.4 Å². The monoisotopic (exact) mass is 361 g/mol. The van der Waals surface area contributed by atoms with Gasteiger partial charge < -0.3 is 41.5 Å². The largest absolute Gasteiger partial charge is 0.394 e. The van der Waals surface area contributed by atoms with Crippen LogP contribution in [0.3, 0.4) is 0 Å². The van der Waals surface area contributed by atoms with E-state index in [1.165, 1.54) is 6.92 Å². The standard InChI is InChI=1S/C14H23N3O8/c1-6(2)13(23)17-4-9(20)16-3-8(19)14(24)12(15)11(22)10(21)7(5-18)25-14/h7,10-12,18,21-22,24H,1,3-5,15H2,2H3,(H,16,20)(H,17,23)/t7-,10-,11+,12+,14?/m1/s1. The first-order chi connectivity index (χ1) is 11.5. The zero-order chi connectivity index (χ0) is 19.4. The van der Waals surface area contributed by atoms with E-state index in [9.17, 15) is 29.7 Å². The van der Waals surface area contributed by atoms with E-state index in [4.69, 9.17) is 15.6 Å². The molecular formula is C14H23N3O8. The van der Waals surface area contributed by atoms with E-state index in [2.05, 4.69) is 17.2 Å². The van der Waals surface area contributed by atoms with Crippen molar-refractivity contribution in [3.05, 3.63) is 12.2 Å². The van der Waals surface area contributed by atoms with Crippen LogP contribution in [0.2, 0.25) is 0 Å². The number of ether oxygens (including phenoxy) is 1. The molecule has 1 fully saturated rings. The molecule has 1 saturated heterocycles. The molecule has 1 heterocycles. The fraction of sp³-hybridized carbons (Fsp3) is 0.643. The summed E-state index contributed by atoms with van der Waals surface area (Å²) in [7, 11) is 0. The molecular weight excluding hydrogens is 338 g/mol. The molecule has 25 heavy (non-hydrogen) atoms. The Balaban J connectivity index is 2.64. The quantitative estimate of drug-likeness (QED) is 0.219. The van der Waals surface area contributed by atoms with Crippen molar-refractivity contribution in [2.75, 3.05) is 19.7 Å². The van der Waals surface area contributed by atoms with E-state index in [1.807, 2.05) is 0 Å². The van der Waals surface area contributed by atoms with Gasteiger partial charge in [-0.15, -0.1) is 0 Å². The molecule has 0 saturated carbocycles. The van der Waals surface area contributed by atoms with Crippen molar-refractivity contribution in [2.24, 2.45) is 5.73 Å². The number of carbonyl (C=O) groups is 3. The van der Waals surface area contributed by atoms with Gasteiger partial charge in [-0.2, -0.15) is 0 Å². The number of hydrogen-bond donors (Lipinski definition) is 7. The van der Waals surface area contributed by atoms with E-state index in [-0.39, 0.29) is 5.57 Å². The van der Waals surface area contributed by atoms with Gasteiger partial charge in [0.05, 0.1) is 25.7 Å². The molecule has 1 unspecified atom stereocenters. The third-order valence-electron chi connectivity index (χ3n) is 3.70. The molecule has 0 spiro atoms. The Morgan fingerprint density at radius 2 is 1.80 bits per heavy atom. The number of aliphatic hydroxyl groups is 4. The van der Waals surface area contributed by atoms with Crippen LogP contribution in [0.1, 0.15) is 6.92 Å². The number of rotatable bonds is 7.